The second kappa shape index (κ2) is 6.90. The maximum Gasteiger partial charge on any atom is 0.0992 e. The van der Waals surface area contributed by atoms with Crippen LogP contribution in [0.3, 0.4) is 0 Å². The molecular formula is C21H20N4O. The molecule has 0 aliphatic rings. The molecule has 1 heterocycles. The van der Waals surface area contributed by atoms with Crippen LogP contribution in [0.15, 0.2) is 79.4 Å². The van der Waals surface area contributed by atoms with Crippen LogP contribution >= 0.6 is 0 Å². The van der Waals surface area contributed by atoms with Gasteiger partial charge in [-0.2, -0.15) is 0 Å². The second-order valence-corrected chi connectivity index (χ2v) is 6.23. The number of imidazole rings is 1. The molecular weight excluding hydrogens is 324 g/mol. The molecule has 0 radical (unpaired) electrons. The Labute approximate surface area is 152 Å². The molecule has 0 bridgehead atoms. The summed E-state index contributed by atoms with van der Waals surface area (Å²) in [4.78, 5) is 4.07. The predicted octanol–water partition coefficient (Wildman–Crippen LogP) is 4.46. The maximum atomic E-state index is 10.0. The first-order valence-corrected chi connectivity index (χ1v) is 8.47. The summed E-state index contributed by atoms with van der Waals surface area (Å²) in [6.07, 6.45) is 5.29. The summed E-state index contributed by atoms with van der Waals surface area (Å²) in [6.45, 7) is 0.670. The highest BCUT2D eigenvalue weighted by molar-refractivity contribution is 5.85. The third-order valence-electron chi connectivity index (χ3n) is 4.42. The minimum absolute atomic E-state index is 0.670. The number of benzene rings is 3. The Morgan fingerprint density at radius 2 is 1.88 bits per heavy atom. The number of nitrogens with zero attached hydrogens (tertiary/aromatic N) is 3. The van der Waals surface area contributed by atoms with Crippen LogP contribution in [0.1, 0.15) is 5.56 Å². The maximum absolute atomic E-state index is 10.0. The molecule has 2 N–H and O–H groups in total. The summed E-state index contributed by atoms with van der Waals surface area (Å²) in [5.41, 5.74) is 3.75. The van der Waals surface area contributed by atoms with Gasteiger partial charge in [0.1, 0.15) is 0 Å². The van der Waals surface area contributed by atoms with E-state index >= 15 is 0 Å². The van der Waals surface area contributed by atoms with Crippen LogP contribution in [0.4, 0.5) is 11.4 Å². The van der Waals surface area contributed by atoms with Crippen molar-refractivity contribution in [3.63, 3.8) is 0 Å². The molecule has 0 aliphatic carbocycles. The van der Waals surface area contributed by atoms with E-state index < -0.39 is 0 Å². The lowest BCUT2D eigenvalue weighted by Crippen LogP contribution is -2.14. The Balaban J connectivity index is 1.56. The largest absolute Gasteiger partial charge is 0.381 e. The lowest BCUT2D eigenvalue weighted by atomic mass is 10.1. The smallest absolute Gasteiger partial charge is 0.0992 e. The van der Waals surface area contributed by atoms with E-state index in [2.05, 4.69) is 46.7 Å². The molecule has 0 atom stereocenters. The summed E-state index contributed by atoms with van der Waals surface area (Å²) in [6, 6.07) is 20.7. The van der Waals surface area contributed by atoms with E-state index in [1.807, 2.05) is 35.0 Å². The number of nitrogens with one attached hydrogen (secondary N) is 1. The van der Waals surface area contributed by atoms with Crippen LogP contribution in [0.5, 0.6) is 0 Å². The van der Waals surface area contributed by atoms with E-state index in [0.29, 0.717) is 6.54 Å². The van der Waals surface area contributed by atoms with Gasteiger partial charge in [0.15, 0.2) is 0 Å². The Bertz CT molecular complexity index is 1030. The summed E-state index contributed by atoms with van der Waals surface area (Å²) in [5, 5.41) is 17.0. The normalized spacial score (nSPS) is 10.8. The average Bonchev–Trinajstić information content (AvgIpc) is 3.20. The molecule has 0 saturated carbocycles. The fourth-order valence-electron chi connectivity index (χ4n) is 3.06. The molecule has 3 aromatic carbocycles. The number of rotatable bonds is 5. The van der Waals surface area contributed by atoms with Crippen LogP contribution in [-0.4, -0.2) is 21.8 Å². The molecule has 26 heavy (non-hydrogen) atoms. The molecule has 0 aliphatic heterocycles. The van der Waals surface area contributed by atoms with Crippen molar-refractivity contribution in [3.05, 3.63) is 84.9 Å². The van der Waals surface area contributed by atoms with Gasteiger partial charge in [-0.15, -0.1) is 0 Å². The van der Waals surface area contributed by atoms with Gasteiger partial charge in [0.05, 0.1) is 17.7 Å². The standard InChI is InChI=1S/C21H20N4O/c1-24(26)21-12-16(6-9-20(21)25-11-10-22-15-25)14-23-19-8-7-17-4-2-3-5-18(17)13-19/h2-13,15,23,26H,14H2,1H3. The molecule has 1 aromatic heterocycles. The fraction of sp³-hybridized carbons (Fsp3) is 0.0952. The van der Waals surface area contributed by atoms with Crippen LogP contribution < -0.4 is 10.4 Å². The Morgan fingerprint density at radius 3 is 2.65 bits per heavy atom. The quantitative estimate of drug-likeness (QED) is 0.525. The van der Waals surface area contributed by atoms with Crippen LogP contribution in [0, 0.1) is 0 Å². The van der Waals surface area contributed by atoms with Crippen molar-refractivity contribution in [3.8, 4) is 5.69 Å². The number of fused-ring (bicyclic) bond motifs is 1. The molecule has 4 aromatic rings. The first-order chi connectivity index (χ1) is 12.7. The van der Waals surface area contributed by atoms with Crippen molar-refractivity contribution in [1.82, 2.24) is 9.55 Å². The minimum atomic E-state index is 0.670. The van der Waals surface area contributed by atoms with Crippen LogP contribution in [-0.2, 0) is 6.54 Å². The van der Waals surface area contributed by atoms with E-state index in [4.69, 9.17) is 0 Å². The molecule has 0 spiro atoms. The average molecular weight is 344 g/mol. The van der Waals surface area contributed by atoms with Gasteiger partial charge in [-0.05, 0) is 40.6 Å². The zero-order valence-electron chi connectivity index (χ0n) is 14.5. The van der Waals surface area contributed by atoms with Crippen molar-refractivity contribution >= 4 is 22.1 Å². The molecule has 0 fully saturated rings. The molecule has 130 valence electrons. The third kappa shape index (κ3) is 3.25. The van der Waals surface area contributed by atoms with Crippen molar-refractivity contribution < 1.29 is 5.21 Å². The van der Waals surface area contributed by atoms with Gasteiger partial charge in [-0.1, -0.05) is 36.4 Å². The van der Waals surface area contributed by atoms with Gasteiger partial charge in [-0.25, -0.2) is 4.98 Å². The van der Waals surface area contributed by atoms with Gasteiger partial charge in [0, 0.05) is 31.7 Å². The molecule has 0 unspecified atom stereocenters. The third-order valence-corrected chi connectivity index (χ3v) is 4.42. The van der Waals surface area contributed by atoms with E-state index in [1.165, 1.54) is 10.8 Å². The van der Waals surface area contributed by atoms with Crippen molar-refractivity contribution in [2.45, 2.75) is 6.54 Å². The van der Waals surface area contributed by atoms with Gasteiger partial charge in [0.25, 0.3) is 0 Å². The lowest BCUT2D eigenvalue weighted by Gasteiger charge is -2.18. The lowest BCUT2D eigenvalue weighted by molar-refractivity contribution is 0.279. The molecule has 4 rings (SSSR count). The van der Waals surface area contributed by atoms with E-state index in [0.717, 1.165) is 27.7 Å². The van der Waals surface area contributed by atoms with E-state index in [9.17, 15) is 5.21 Å². The number of anilines is 2. The summed E-state index contributed by atoms with van der Waals surface area (Å²) >= 11 is 0. The number of hydrogen-bond donors (Lipinski definition) is 2. The van der Waals surface area contributed by atoms with E-state index in [-0.39, 0.29) is 0 Å². The fourth-order valence-corrected chi connectivity index (χ4v) is 3.06. The highest BCUT2D eigenvalue weighted by Gasteiger charge is 2.09. The topological polar surface area (TPSA) is 53.3 Å². The second-order valence-electron chi connectivity index (χ2n) is 6.23. The van der Waals surface area contributed by atoms with Crippen LogP contribution in [0.25, 0.3) is 16.5 Å². The van der Waals surface area contributed by atoms with Gasteiger partial charge in [-0.3, -0.25) is 10.3 Å². The minimum Gasteiger partial charge on any atom is -0.381 e. The monoisotopic (exact) mass is 344 g/mol. The molecule has 5 heteroatoms. The number of aromatic nitrogens is 2. The number of hydroxylamine groups is 1. The molecule has 0 amide bonds. The van der Waals surface area contributed by atoms with Gasteiger partial charge in [0.2, 0.25) is 0 Å². The Hall–Kier alpha value is -3.31. The van der Waals surface area contributed by atoms with Gasteiger partial charge < -0.3 is 9.88 Å². The van der Waals surface area contributed by atoms with Gasteiger partial charge >= 0.3 is 0 Å². The molecule has 5 nitrogen and oxygen atoms in total. The predicted molar refractivity (Wildman–Crippen MR) is 105 cm³/mol. The summed E-state index contributed by atoms with van der Waals surface area (Å²) < 4.78 is 1.88. The summed E-state index contributed by atoms with van der Waals surface area (Å²) in [5.74, 6) is 0. The number of hydrogen-bond acceptors (Lipinski definition) is 4. The highest BCUT2D eigenvalue weighted by atomic mass is 16.5. The van der Waals surface area contributed by atoms with Crippen LogP contribution in [0.2, 0.25) is 0 Å². The van der Waals surface area contributed by atoms with Crippen molar-refractivity contribution in [2.75, 3.05) is 17.4 Å². The first kappa shape index (κ1) is 16.2. The summed E-state index contributed by atoms with van der Waals surface area (Å²) in [7, 11) is 1.62. The van der Waals surface area contributed by atoms with E-state index in [1.54, 1.807) is 19.6 Å². The Kier molecular flexibility index (Phi) is 4.29. The highest BCUT2D eigenvalue weighted by Crippen LogP contribution is 2.25. The Morgan fingerprint density at radius 1 is 1.04 bits per heavy atom. The SMILES string of the molecule is CN(O)c1cc(CNc2ccc3ccccc3c2)ccc1-n1ccnc1. The first-order valence-electron chi connectivity index (χ1n) is 8.47. The molecule has 0 saturated heterocycles. The van der Waals surface area contributed by atoms with Crippen molar-refractivity contribution in [2.24, 2.45) is 0 Å². The zero-order valence-corrected chi connectivity index (χ0v) is 14.5. The zero-order chi connectivity index (χ0) is 17.9. The van der Waals surface area contributed by atoms with Crippen molar-refractivity contribution in [1.29, 1.82) is 0 Å².